The second-order valence-corrected chi connectivity index (χ2v) is 5.29. The van der Waals surface area contributed by atoms with E-state index in [-0.39, 0.29) is 11.9 Å². The zero-order valence-electron chi connectivity index (χ0n) is 12.1. The maximum Gasteiger partial charge on any atom is 0.123 e. The molecule has 1 aliphatic heterocycles. The van der Waals surface area contributed by atoms with Crippen molar-refractivity contribution < 1.29 is 13.9 Å². The van der Waals surface area contributed by atoms with Crippen molar-refractivity contribution in [2.45, 2.75) is 38.3 Å². The van der Waals surface area contributed by atoms with Crippen molar-refractivity contribution in [3.05, 3.63) is 35.6 Å². The van der Waals surface area contributed by atoms with Crippen LogP contribution in [0.3, 0.4) is 0 Å². The minimum Gasteiger partial charge on any atom is -0.379 e. The molecule has 20 heavy (non-hydrogen) atoms. The number of hydrogen-bond donors (Lipinski definition) is 1. The molecule has 1 aromatic rings. The summed E-state index contributed by atoms with van der Waals surface area (Å²) in [6.45, 7) is 5.33. The topological polar surface area (TPSA) is 30.5 Å². The number of ether oxygens (including phenoxy) is 2. The molecule has 1 heterocycles. The molecule has 0 bridgehead atoms. The van der Waals surface area contributed by atoms with Gasteiger partial charge in [-0.15, -0.1) is 0 Å². The summed E-state index contributed by atoms with van der Waals surface area (Å²) in [7, 11) is 0. The Balaban J connectivity index is 1.52. The van der Waals surface area contributed by atoms with E-state index in [1.807, 2.05) is 12.1 Å². The van der Waals surface area contributed by atoms with Crippen molar-refractivity contribution in [3.63, 3.8) is 0 Å². The Morgan fingerprint density at radius 2 is 2.20 bits per heavy atom. The lowest BCUT2D eigenvalue weighted by molar-refractivity contribution is 0.0165. The molecule has 0 radical (unpaired) electrons. The number of rotatable bonds is 8. The molecule has 0 aliphatic carbocycles. The molecule has 0 aromatic heterocycles. The van der Waals surface area contributed by atoms with Gasteiger partial charge in [0, 0.05) is 19.3 Å². The Morgan fingerprint density at radius 1 is 1.40 bits per heavy atom. The zero-order chi connectivity index (χ0) is 14.2. The third kappa shape index (κ3) is 5.19. The molecule has 3 nitrogen and oxygen atoms in total. The SMILES string of the molecule is CC(NCCCOCC1CCCO1)c1ccc(F)cc1. The molecule has 112 valence electrons. The van der Waals surface area contributed by atoms with Gasteiger partial charge in [0.1, 0.15) is 5.82 Å². The number of benzene rings is 1. The van der Waals surface area contributed by atoms with Crippen LogP contribution in [0.15, 0.2) is 24.3 Å². The van der Waals surface area contributed by atoms with Crippen LogP contribution < -0.4 is 5.32 Å². The highest BCUT2D eigenvalue weighted by atomic mass is 19.1. The lowest BCUT2D eigenvalue weighted by Gasteiger charge is -2.14. The van der Waals surface area contributed by atoms with Crippen LogP contribution in [0.2, 0.25) is 0 Å². The molecule has 2 atom stereocenters. The van der Waals surface area contributed by atoms with Crippen LogP contribution in [-0.2, 0) is 9.47 Å². The van der Waals surface area contributed by atoms with E-state index >= 15 is 0 Å². The molecule has 1 aromatic carbocycles. The van der Waals surface area contributed by atoms with Gasteiger partial charge in [-0.25, -0.2) is 4.39 Å². The highest BCUT2D eigenvalue weighted by Gasteiger charge is 2.14. The average molecular weight is 281 g/mol. The molecule has 1 aliphatic rings. The number of halogens is 1. The third-order valence-electron chi connectivity index (χ3n) is 3.61. The highest BCUT2D eigenvalue weighted by Crippen LogP contribution is 2.13. The van der Waals surface area contributed by atoms with Crippen LogP contribution in [-0.4, -0.2) is 32.5 Å². The molecule has 4 heteroatoms. The maximum absolute atomic E-state index is 12.8. The van der Waals surface area contributed by atoms with E-state index in [0.29, 0.717) is 12.7 Å². The van der Waals surface area contributed by atoms with Crippen LogP contribution in [0.5, 0.6) is 0 Å². The predicted octanol–water partition coefficient (Wildman–Crippen LogP) is 3.06. The second kappa shape index (κ2) is 8.35. The van der Waals surface area contributed by atoms with Crippen molar-refractivity contribution in [2.75, 3.05) is 26.4 Å². The van der Waals surface area contributed by atoms with Gasteiger partial charge in [0.05, 0.1) is 12.7 Å². The Kier molecular flexibility index (Phi) is 6.43. The Bertz CT molecular complexity index is 377. The summed E-state index contributed by atoms with van der Waals surface area (Å²) in [5, 5.41) is 3.41. The molecular formula is C16H24FNO2. The standard InChI is InChI=1S/C16H24FNO2/c1-13(14-5-7-15(17)8-6-14)18-9-3-10-19-12-16-4-2-11-20-16/h5-8,13,16,18H,2-4,9-12H2,1H3. The van der Waals surface area contributed by atoms with Gasteiger partial charge < -0.3 is 14.8 Å². The molecule has 1 saturated heterocycles. The minimum atomic E-state index is -0.191. The van der Waals surface area contributed by atoms with Crippen molar-refractivity contribution in [1.29, 1.82) is 0 Å². The first-order valence-electron chi connectivity index (χ1n) is 7.44. The summed E-state index contributed by atoms with van der Waals surface area (Å²) in [4.78, 5) is 0. The number of hydrogen-bond acceptors (Lipinski definition) is 3. The number of nitrogens with one attached hydrogen (secondary N) is 1. The molecule has 1 N–H and O–H groups in total. The minimum absolute atomic E-state index is 0.191. The van der Waals surface area contributed by atoms with Gasteiger partial charge in [-0.2, -0.15) is 0 Å². The zero-order valence-corrected chi connectivity index (χ0v) is 12.1. The molecule has 1 fully saturated rings. The van der Waals surface area contributed by atoms with E-state index in [2.05, 4.69) is 12.2 Å². The summed E-state index contributed by atoms with van der Waals surface area (Å²) in [5.74, 6) is -0.191. The first-order chi connectivity index (χ1) is 9.75. The summed E-state index contributed by atoms with van der Waals surface area (Å²) in [5.41, 5.74) is 1.10. The Labute approximate surface area is 120 Å². The van der Waals surface area contributed by atoms with Crippen molar-refractivity contribution in [2.24, 2.45) is 0 Å². The lowest BCUT2D eigenvalue weighted by atomic mass is 10.1. The largest absolute Gasteiger partial charge is 0.379 e. The van der Waals surface area contributed by atoms with Gasteiger partial charge in [-0.3, -0.25) is 0 Å². The van der Waals surface area contributed by atoms with Gasteiger partial charge in [0.15, 0.2) is 0 Å². The highest BCUT2D eigenvalue weighted by molar-refractivity contribution is 5.19. The maximum atomic E-state index is 12.8. The van der Waals surface area contributed by atoms with E-state index in [0.717, 1.165) is 44.6 Å². The van der Waals surface area contributed by atoms with Crippen LogP contribution in [0.25, 0.3) is 0 Å². The first kappa shape index (κ1) is 15.4. The predicted molar refractivity (Wildman–Crippen MR) is 77.2 cm³/mol. The molecule has 2 unspecified atom stereocenters. The first-order valence-corrected chi connectivity index (χ1v) is 7.44. The van der Waals surface area contributed by atoms with Crippen molar-refractivity contribution >= 4 is 0 Å². The smallest absolute Gasteiger partial charge is 0.123 e. The second-order valence-electron chi connectivity index (χ2n) is 5.29. The molecule has 0 spiro atoms. The summed E-state index contributed by atoms with van der Waals surface area (Å²) >= 11 is 0. The van der Waals surface area contributed by atoms with Gasteiger partial charge in [-0.1, -0.05) is 12.1 Å². The fraction of sp³-hybridized carbons (Fsp3) is 0.625. The van der Waals surface area contributed by atoms with Crippen LogP contribution in [0.1, 0.15) is 37.8 Å². The van der Waals surface area contributed by atoms with E-state index in [1.165, 1.54) is 12.1 Å². The molecule has 0 amide bonds. The molecule has 0 saturated carbocycles. The average Bonchev–Trinajstić information content (AvgIpc) is 2.96. The van der Waals surface area contributed by atoms with Gasteiger partial charge in [0.25, 0.3) is 0 Å². The van der Waals surface area contributed by atoms with Gasteiger partial charge in [-0.05, 0) is 50.4 Å². The Morgan fingerprint density at radius 3 is 2.90 bits per heavy atom. The quantitative estimate of drug-likeness (QED) is 0.743. The molecular weight excluding hydrogens is 257 g/mol. The summed E-state index contributed by atoms with van der Waals surface area (Å²) in [6.07, 6.45) is 3.56. The van der Waals surface area contributed by atoms with Crippen LogP contribution in [0.4, 0.5) is 4.39 Å². The normalized spacial score (nSPS) is 20.2. The summed E-state index contributed by atoms with van der Waals surface area (Å²) < 4.78 is 23.9. The van der Waals surface area contributed by atoms with E-state index in [1.54, 1.807) is 0 Å². The third-order valence-corrected chi connectivity index (χ3v) is 3.61. The fourth-order valence-corrected chi connectivity index (χ4v) is 2.35. The molecule has 2 rings (SSSR count). The monoisotopic (exact) mass is 281 g/mol. The van der Waals surface area contributed by atoms with Gasteiger partial charge >= 0.3 is 0 Å². The van der Waals surface area contributed by atoms with E-state index < -0.39 is 0 Å². The van der Waals surface area contributed by atoms with Crippen LogP contribution >= 0.6 is 0 Å². The van der Waals surface area contributed by atoms with Crippen molar-refractivity contribution in [3.8, 4) is 0 Å². The Hall–Kier alpha value is -0.970. The lowest BCUT2D eigenvalue weighted by Crippen LogP contribution is -2.22. The van der Waals surface area contributed by atoms with Crippen molar-refractivity contribution in [1.82, 2.24) is 5.32 Å². The fourth-order valence-electron chi connectivity index (χ4n) is 2.35. The van der Waals surface area contributed by atoms with E-state index in [9.17, 15) is 4.39 Å². The van der Waals surface area contributed by atoms with Crippen LogP contribution in [0, 0.1) is 5.82 Å². The summed E-state index contributed by atoms with van der Waals surface area (Å²) in [6, 6.07) is 6.87. The van der Waals surface area contributed by atoms with Gasteiger partial charge in [0.2, 0.25) is 0 Å². The van der Waals surface area contributed by atoms with E-state index in [4.69, 9.17) is 9.47 Å².